The van der Waals surface area contributed by atoms with Crippen molar-refractivity contribution in [1.29, 1.82) is 0 Å². The molecule has 2 atom stereocenters. The zero-order chi connectivity index (χ0) is 21.8. The van der Waals surface area contributed by atoms with Crippen molar-refractivity contribution in [3.8, 4) is 11.5 Å². The first kappa shape index (κ1) is 20.7. The first-order valence-electron chi connectivity index (χ1n) is 10.3. The van der Waals surface area contributed by atoms with Crippen molar-refractivity contribution in [2.45, 2.75) is 57.1 Å². The van der Waals surface area contributed by atoms with Gasteiger partial charge in [0.1, 0.15) is 11.5 Å². The minimum Gasteiger partial charge on any atom is -0.466 e. The molecule has 0 aliphatic carbocycles. The molecule has 2 aromatic rings. The summed E-state index contributed by atoms with van der Waals surface area (Å²) in [4.78, 5) is 0. The van der Waals surface area contributed by atoms with Crippen LogP contribution in [0.1, 0.15) is 50.3 Å². The molecule has 1 spiro atoms. The number of alkyl halides is 2. The highest BCUT2D eigenvalue weighted by atomic mass is 79.9. The minimum absolute atomic E-state index is 0.0298. The molecule has 0 amide bonds. The number of ether oxygens (including phenoxy) is 3. The lowest BCUT2D eigenvalue weighted by Gasteiger charge is -2.52. The van der Waals surface area contributed by atoms with Gasteiger partial charge in [0, 0.05) is 29.3 Å². The summed E-state index contributed by atoms with van der Waals surface area (Å²) in [6, 6.07) is 12.8. The summed E-state index contributed by atoms with van der Waals surface area (Å²) < 4.78 is 43.0. The van der Waals surface area contributed by atoms with Gasteiger partial charge in [-0.25, -0.2) is 5.01 Å². The Morgan fingerprint density at radius 2 is 1.97 bits per heavy atom. The molecule has 0 saturated carbocycles. The summed E-state index contributed by atoms with van der Waals surface area (Å²) in [5.74, 6) is 1.01. The number of hydrogen-bond donors (Lipinski definition) is 0. The Bertz CT molecular complexity index is 1030. The maximum Gasteiger partial charge on any atom is 0.387 e. The van der Waals surface area contributed by atoms with Gasteiger partial charge in [-0.15, -0.1) is 0 Å². The lowest BCUT2D eigenvalue weighted by molar-refractivity contribution is -0.212. The number of rotatable bonds is 3. The van der Waals surface area contributed by atoms with Gasteiger partial charge in [0.05, 0.1) is 24.0 Å². The molecule has 0 radical (unpaired) electrons. The van der Waals surface area contributed by atoms with E-state index >= 15 is 0 Å². The zero-order valence-corrected chi connectivity index (χ0v) is 18.9. The highest BCUT2D eigenvalue weighted by Crippen LogP contribution is 2.52. The predicted molar refractivity (Wildman–Crippen MR) is 116 cm³/mol. The molecular formula is C23H23BrF2N2O3. The van der Waals surface area contributed by atoms with Crippen LogP contribution in [-0.4, -0.2) is 35.3 Å². The summed E-state index contributed by atoms with van der Waals surface area (Å²) in [5, 5.41) is 7.11. The molecule has 5 nitrogen and oxygen atoms in total. The van der Waals surface area contributed by atoms with Crippen molar-refractivity contribution < 1.29 is 23.0 Å². The fourth-order valence-electron chi connectivity index (χ4n) is 4.83. The summed E-state index contributed by atoms with van der Waals surface area (Å²) in [7, 11) is 0. The van der Waals surface area contributed by atoms with Crippen molar-refractivity contribution in [1.82, 2.24) is 5.01 Å². The molecule has 0 bridgehead atoms. The van der Waals surface area contributed by atoms with E-state index in [0.717, 1.165) is 27.1 Å². The summed E-state index contributed by atoms with van der Waals surface area (Å²) >= 11 is 3.57. The van der Waals surface area contributed by atoms with Gasteiger partial charge in [0.15, 0.2) is 0 Å². The molecule has 3 aliphatic rings. The Morgan fingerprint density at radius 3 is 2.68 bits per heavy atom. The van der Waals surface area contributed by atoms with Gasteiger partial charge >= 0.3 is 6.61 Å². The van der Waals surface area contributed by atoms with Crippen molar-refractivity contribution in [2.75, 3.05) is 6.61 Å². The van der Waals surface area contributed by atoms with E-state index in [4.69, 9.17) is 14.6 Å². The van der Waals surface area contributed by atoms with Crippen molar-refractivity contribution in [3.63, 3.8) is 0 Å². The van der Waals surface area contributed by atoms with E-state index < -0.39 is 12.3 Å². The summed E-state index contributed by atoms with van der Waals surface area (Å²) in [6.07, 6.45) is 2.09. The number of hydrazone groups is 1. The summed E-state index contributed by atoms with van der Waals surface area (Å²) in [5.41, 5.74) is 1.94. The fraction of sp³-hybridized carbons (Fsp3) is 0.435. The largest absolute Gasteiger partial charge is 0.466 e. The molecule has 0 N–H and O–H groups in total. The zero-order valence-electron chi connectivity index (χ0n) is 17.3. The van der Waals surface area contributed by atoms with Crippen molar-refractivity contribution in [3.05, 3.63) is 58.1 Å². The molecule has 3 aliphatic heterocycles. The van der Waals surface area contributed by atoms with Gasteiger partial charge in [-0.3, -0.25) is 0 Å². The van der Waals surface area contributed by atoms with Crippen LogP contribution in [0.25, 0.3) is 0 Å². The first-order valence-corrected chi connectivity index (χ1v) is 11.1. The highest BCUT2D eigenvalue weighted by molar-refractivity contribution is 9.10. The number of nitrogens with zero attached hydrogens (tertiary/aromatic N) is 2. The van der Waals surface area contributed by atoms with Crippen LogP contribution in [0.3, 0.4) is 0 Å². The smallest absolute Gasteiger partial charge is 0.387 e. The molecule has 1 fully saturated rings. The molecule has 0 aromatic heterocycles. The maximum absolute atomic E-state index is 12.5. The Morgan fingerprint density at radius 1 is 1.19 bits per heavy atom. The average molecular weight is 493 g/mol. The Labute approximate surface area is 188 Å². The third-order valence-corrected chi connectivity index (χ3v) is 6.55. The monoisotopic (exact) mass is 492 g/mol. The third-order valence-electron chi connectivity index (χ3n) is 6.06. The lowest BCUT2D eigenvalue weighted by atomic mass is 9.86. The van der Waals surface area contributed by atoms with Crippen molar-refractivity contribution >= 4 is 21.6 Å². The number of fused-ring (bicyclic) bond motifs is 4. The van der Waals surface area contributed by atoms with Crippen LogP contribution in [0.4, 0.5) is 8.78 Å². The van der Waals surface area contributed by atoms with Crippen molar-refractivity contribution in [2.24, 2.45) is 5.10 Å². The number of hydrogen-bond acceptors (Lipinski definition) is 5. The van der Waals surface area contributed by atoms with E-state index in [1.165, 1.54) is 0 Å². The van der Waals surface area contributed by atoms with Crippen LogP contribution >= 0.6 is 15.9 Å². The molecule has 2 aromatic carbocycles. The van der Waals surface area contributed by atoms with Gasteiger partial charge in [-0.2, -0.15) is 13.9 Å². The molecule has 1 saturated heterocycles. The molecule has 3 heterocycles. The SMILES string of the molecule is CC1(C)CC2(CCO1)Oc1ccc(Br)cc1C1CC(c3ccc(OC(F)F)cc3)=NN12. The second-order valence-electron chi connectivity index (χ2n) is 8.78. The van der Waals surface area contributed by atoms with Crippen LogP contribution in [-0.2, 0) is 4.74 Å². The van der Waals surface area contributed by atoms with Crippen LogP contribution in [0.2, 0.25) is 0 Å². The maximum atomic E-state index is 12.5. The van der Waals surface area contributed by atoms with E-state index in [2.05, 4.69) is 45.6 Å². The minimum atomic E-state index is -2.84. The molecule has 5 rings (SSSR count). The number of benzene rings is 2. The normalized spacial score (nSPS) is 26.3. The molecule has 2 unspecified atom stereocenters. The third kappa shape index (κ3) is 3.80. The first-order chi connectivity index (χ1) is 14.7. The van der Waals surface area contributed by atoms with E-state index in [9.17, 15) is 8.78 Å². The van der Waals surface area contributed by atoms with Gasteiger partial charge in [-0.05, 0) is 61.9 Å². The molecular weight excluding hydrogens is 470 g/mol. The molecule has 31 heavy (non-hydrogen) atoms. The second kappa shape index (κ2) is 7.45. The average Bonchev–Trinajstić information content (AvgIpc) is 3.15. The van der Waals surface area contributed by atoms with Crippen LogP contribution in [0.15, 0.2) is 52.0 Å². The van der Waals surface area contributed by atoms with E-state index in [-0.39, 0.29) is 17.4 Å². The van der Waals surface area contributed by atoms with E-state index in [1.54, 1.807) is 24.3 Å². The molecule has 164 valence electrons. The number of halogens is 3. The Hall–Kier alpha value is -2.19. The van der Waals surface area contributed by atoms with E-state index in [0.29, 0.717) is 25.9 Å². The van der Waals surface area contributed by atoms with Gasteiger partial charge in [0.25, 0.3) is 0 Å². The predicted octanol–water partition coefficient (Wildman–Crippen LogP) is 5.88. The standard InChI is InChI=1S/C23H23BrF2N2O3/c1-22(2)13-23(9-10-29-22)28-19(17-11-15(24)5-8-20(17)31-23)12-18(27-28)14-3-6-16(7-4-14)30-21(25)26/h3-8,11,19,21H,9-10,12-13H2,1-2H3. The lowest BCUT2D eigenvalue weighted by Crippen LogP contribution is -2.60. The van der Waals surface area contributed by atoms with Crippen LogP contribution in [0.5, 0.6) is 11.5 Å². The van der Waals surface area contributed by atoms with Crippen LogP contribution in [0, 0.1) is 0 Å². The van der Waals surface area contributed by atoms with Gasteiger partial charge < -0.3 is 14.2 Å². The quantitative estimate of drug-likeness (QED) is 0.536. The Kier molecular flexibility index (Phi) is 4.97. The fourth-order valence-corrected chi connectivity index (χ4v) is 5.21. The van der Waals surface area contributed by atoms with Crippen LogP contribution < -0.4 is 9.47 Å². The highest BCUT2D eigenvalue weighted by Gasteiger charge is 2.54. The summed E-state index contributed by atoms with van der Waals surface area (Å²) in [6.45, 7) is 1.90. The second-order valence-corrected chi connectivity index (χ2v) is 9.70. The topological polar surface area (TPSA) is 43.3 Å². The van der Waals surface area contributed by atoms with Gasteiger partial charge in [0.2, 0.25) is 5.72 Å². The Balaban J connectivity index is 1.53. The van der Waals surface area contributed by atoms with Gasteiger partial charge in [-0.1, -0.05) is 15.9 Å². The van der Waals surface area contributed by atoms with E-state index in [1.807, 2.05) is 12.1 Å². The molecule has 8 heteroatoms.